The maximum Gasteiger partial charge on any atom is 0.225 e. The largest absolute Gasteiger partial charge is 0.367 e. The Balaban J connectivity index is 1.75. The van der Waals surface area contributed by atoms with Crippen LogP contribution in [0.3, 0.4) is 0 Å². The molecule has 118 valence electrons. The van der Waals surface area contributed by atoms with Crippen LogP contribution in [0.4, 0.5) is 11.6 Å². The van der Waals surface area contributed by atoms with Gasteiger partial charge in [-0.05, 0) is 38.5 Å². The number of aromatic nitrogens is 2. The molecule has 1 aromatic heterocycles. The summed E-state index contributed by atoms with van der Waals surface area (Å²) in [5, 5.41) is 9.26. The first-order chi connectivity index (χ1) is 11.1. The number of rotatable bonds is 2. The van der Waals surface area contributed by atoms with Crippen molar-refractivity contribution in [1.82, 2.24) is 9.97 Å². The fourth-order valence-corrected chi connectivity index (χ4v) is 2.89. The van der Waals surface area contributed by atoms with Gasteiger partial charge in [0.2, 0.25) is 5.95 Å². The average Bonchev–Trinajstić information content (AvgIpc) is 2.59. The lowest BCUT2D eigenvalue weighted by atomic mass is 10.1. The van der Waals surface area contributed by atoms with Crippen LogP contribution in [0.2, 0.25) is 0 Å². The second-order valence-electron chi connectivity index (χ2n) is 5.92. The van der Waals surface area contributed by atoms with Crippen molar-refractivity contribution in [3.63, 3.8) is 0 Å². The number of aryl methyl sites for hydroxylation is 2. The van der Waals surface area contributed by atoms with Crippen LogP contribution < -0.4 is 9.80 Å². The van der Waals surface area contributed by atoms with Crippen LogP contribution in [-0.2, 0) is 0 Å². The van der Waals surface area contributed by atoms with Crippen molar-refractivity contribution in [3.8, 4) is 6.07 Å². The highest BCUT2D eigenvalue weighted by atomic mass is 15.3. The molecule has 0 atom stereocenters. The molecule has 1 aliphatic heterocycles. The van der Waals surface area contributed by atoms with Gasteiger partial charge >= 0.3 is 0 Å². The summed E-state index contributed by atoms with van der Waals surface area (Å²) in [6, 6.07) is 10.1. The minimum absolute atomic E-state index is 0.735. The van der Waals surface area contributed by atoms with Gasteiger partial charge in [0.05, 0.1) is 11.3 Å². The first-order valence-corrected chi connectivity index (χ1v) is 7.91. The third kappa shape index (κ3) is 2.98. The molecule has 1 aliphatic rings. The second-order valence-corrected chi connectivity index (χ2v) is 5.92. The highest BCUT2D eigenvalue weighted by Crippen LogP contribution is 2.22. The zero-order valence-electron chi connectivity index (χ0n) is 13.9. The SMILES string of the molecule is Cc1nc(N2CCN(c3ccccc3C#N)CC2)nc(C)c1C. The van der Waals surface area contributed by atoms with Crippen LogP contribution in [0.5, 0.6) is 0 Å². The minimum Gasteiger partial charge on any atom is -0.367 e. The number of nitrogens with zero attached hydrogens (tertiary/aromatic N) is 5. The molecule has 2 aromatic rings. The standard InChI is InChI=1S/C18H21N5/c1-13-14(2)20-18(21-15(13)3)23-10-8-22(9-11-23)17-7-5-4-6-16(17)12-19/h4-7H,8-11H2,1-3H3. The lowest BCUT2D eigenvalue weighted by molar-refractivity contribution is 0.637. The molecule has 23 heavy (non-hydrogen) atoms. The van der Waals surface area contributed by atoms with Crippen molar-refractivity contribution in [2.24, 2.45) is 0 Å². The summed E-state index contributed by atoms with van der Waals surface area (Å²) in [6.07, 6.45) is 0. The van der Waals surface area contributed by atoms with Crippen molar-refractivity contribution >= 4 is 11.6 Å². The number of benzene rings is 1. The molecular formula is C18H21N5. The van der Waals surface area contributed by atoms with Crippen molar-refractivity contribution in [2.75, 3.05) is 36.0 Å². The van der Waals surface area contributed by atoms with Crippen molar-refractivity contribution in [1.29, 1.82) is 5.26 Å². The van der Waals surface area contributed by atoms with Crippen molar-refractivity contribution in [3.05, 3.63) is 46.8 Å². The van der Waals surface area contributed by atoms with Crippen molar-refractivity contribution in [2.45, 2.75) is 20.8 Å². The normalized spacial score (nSPS) is 14.7. The number of nitriles is 1. The first-order valence-electron chi connectivity index (χ1n) is 7.91. The van der Waals surface area contributed by atoms with E-state index in [0.717, 1.165) is 60.3 Å². The molecule has 3 rings (SSSR count). The lowest BCUT2D eigenvalue weighted by Gasteiger charge is -2.36. The first kappa shape index (κ1) is 15.3. The fourth-order valence-electron chi connectivity index (χ4n) is 2.89. The Morgan fingerprint density at radius 2 is 1.48 bits per heavy atom. The summed E-state index contributed by atoms with van der Waals surface area (Å²) in [5.74, 6) is 0.818. The zero-order valence-corrected chi connectivity index (χ0v) is 13.9. The summed E-state index contributed by atoms with van der Waals surface area (Å²) < 4.78 is 0. The molecule has 1 aromatic carbocycles. The highest BCUT2D eigenvalue weighted by Gasteiger charge is 2.21. The van der Waals surface area contributed by atoms with Crippen LogP contribution in [0.1, 0.15) is 22.5 Å². The smallest absolute Gasteiger partial charge is 0.225 e. The fraction of sp³-hybridized carbons (Fsp3) is 0.389. The Morgan fingerprint density at radius 1 is 0.913 bits per heavy atom. The van der Waals surface area contributed by atoms with E-state index in [-0.39, 0.29) is 0 Å². The molecule has 0 spiro atoms. The Hall–Kier alpha value is -2.61. The average molecular weight is 307 g/mol. The Kier molecular flexibility index (Phi) is 4.16. The number of piperazine rings is 1. The van der Waals surface area contributed by atoms with Gasteiger partial charge in [-0.25, -0.2) is 9.97 Å². The third-order valence-corrected chi connectivity index (χ3v) is 4.55. The van der Waals surface area contributed by atoms with E-state index in [1.54, 1.807) is 0 Å². The summed E-state index contributed by atoms with van der Waals surface area (Å²) in [5.41, 5.74) is 5.01. The Morgan fingerprint density at radius 3 is 2.09 bits per heavy atom. The summed E-state index contributed by atoms with van der Waals surface area (Å²) in [4.78, 5) is 13.8. The molecular weight excluding hydrogens is 286 g/mol. The molecule has 1 fully saturated rings. The van der Waals surface area contributed by atoms with Crippen LogP contribution in [-0.4, -0.2) is 36.1 Å². The van der Waals surface area contributed by atoms with Gasteiger partial charge in [-0.3, -0.25) is 0 Å². The molecule has 0 N–H and O–H groups in total. The van der Waals surface area contributed by atoms with E-state index in [0.29, 0.717) is 0 Å². The zero-order chi connectivity index (χ0) is 16.4. The van der Waals surface area contributed by atoms with E-state index in [1.165, 1.54) is 0 Å². The van der Waals surface area contributed by atoms with Crippen LogP contribution in [0.15, 0.2) is 24.3 Å². The maximum atomic E-state index is 9.26. The van der Waals surface area contributed by atoms with E-state index in [2.05, 4.69) is 32.8 Å². The van der Waals surface area contributed by atoms with Crippen molar-refractivity contribution < 1.29 is 0 Å². The number of hydrogen-bond acceptors (Lipinski definition) is 5. The van der Waals surface area contributed by atoms with Gasteiger partial charge in [-0.1, -0.05) is 12.1 Å². The van der Waals surface area contributed by atoms with Crippen LogP contribution >= 0.6 is 0 Å². The molecule has 0 unspecified atom stereocenters. The predicted octanol–water partition coefficient (Wildman–Crippen LogP) is 2.60. The quantitative estimate of drug-likeness (QED) is 0.853. The molecule has 5 nitrogen and oxygen atoms in total. The molecule has 0 bridgehead atoms. The maximum absolute atomic E-state index is 9.26. The van der Waals surface area contributed by atoms with Gasteiger partial charge in [0.25, 0.3) is 0 Å². The summed E-state index contributed by atoms with van der Waals surface area (Å²) >= 11 is 0. The number of anilines is 2. The van der Waals surface area contributed by atoms with Gasteiger partial charge < -0.3 is 9.80 Å². The summed E-state index contributed by atoms with van der Waals surface area (Å²) in [7, 11) is 0. The van der Waals surface area contributed by atoms with E-state index < -0.39 is 0 Å². The van der Waals surface area contributed by atoms with E-state index in [9.17, 15) is 5.26 Å². The third-order valence-electron chi connectivity index (χ3n) is 4.55. The summed E-state index contributed by atoms with van der Waals surface area (Å²) in [6.45, 7) is 9.59. The van der Waals surface area contributed by atoms with Gasteiger partial charge in [0.15, 0.2) is 0 Å². The molecule has 1 saturated heterocycles. The highest BCUT2D eigenvalue weighted by molar-refractivity contribution is 5.60. The lowest BCUT2D eigenvalue weighted by Crippen LogP contribution is -2.47. The Bertz CT molecular complexity index is 731. The molecule has 0 amide bonds. The molecule has 0 radical (unpaired) electrons. The number of hydrogen-bond donors (Lipinski definition) is 0. The van der Waals surface area contributed by atoms with Gasteiger partial charge in [-0.2, -0.15) is 5.26 Å². The van der Waals surface area contributed by atoms with Gasteiger partial charge in [-0.15, -0.1) is 0 Å². The number of para-hydroxylation sites is 1. The Labute approximate surface area is 137 Å². The van der Waals surface area contributed by atoms with E-state index >= 15 is 0 Å². The van der Waals surface area contributed by atoms with E-state index in [1.807, 2.05) is 38.1 Å². The molecule has 2 heterocycles. The van der Waals surface area contributed by atoms with Gasteiger partial charge in [0.1, 0.15) is 6.07 Å². The van der Waals surface area contributed by atoms with Crippen LogP contribution in [0.25, 0.3) is 0 Å². The molecule has 0 saturated carbocycles. The van der Waals surface area contributed by atoms with Crippen LogP contribution in [0, 0.1) is 32.1 Å². The monoisotopic (exact) mass is 307 g/mol. The molecule has 5 heteroatoms. The topological polar surface area (TPSA) is 56.1 Å². The van der Waals surface area contributed by atoms with E-state index in [4.69, 9.17) is 0 Å². The minimum atomic E-state index is 0.735. The predicted molar refractivity (Wildman–Crippen MR) is 91.8 cm³/mol. The molecule has 0 aliphatic carbocycles. The van der Waals surface area contributed by atoms with Gasteiger partial charge in [0, 0.05) is 37.6 Å². The second kappa shape index (κ2) is 6.25.